The molecule has 1 aromatic carbocycles. The minimum Gasteiger partial charge on any atom is -0.398 e. The highest BCUT2D eigenvalue weighted by molar-refractivity contribution is 7.89. The van der Waals surface area contributed by atoms with E-state index in [1.807, 2.05) is 0 Å². The van der Waals surface area contributed by atoms with Gasteiger partial charge in [-0.05, 0) is 36.8 Å². The zero-order valence-electron chi connectivity index (χ0n) is 11.1. The topological polar surface area (TPSA) is 72.2 Å². The van der Waals surface area contributed by atoms with Gasteiger partial charge in [-0.25, -0.2) is 17.5 Å². The van der Waals surface area contributed by atoms with Gasteiger partial charge >= 0.3 is 0 Å². The molecule has 0 amide bonds. The van der Waals surface area contributed by atoms with Gasteiger partial charge in [-0.15, -0.1) is 0 Å². The summed E-state index contributed by atoms with van der Waals surface area (Å²) in [6.07, 6.45) is 2.47. The van der Waals surface area contributed by atoms with Crippen LogP contribution in [0.4, 0.5) is 10.1 Å². The molecule has 0 saturated heterocycles. The number of nitrogens with two attached hydrogens (primary N) is 1. The first-order valence-electron chi connectivity index (χ1n) is 6.28. The summed E-state index contributed by atoms with van der Waals surface area (Å²) < 4.78 is 40.7. The van der Waals surface area contributed by atoms with Crippen molar-refractivity contribution in [3.05, 3.63) is 24.0 Å². The molecule has 0 heterocycles. The smallest absolute Gasteiger partial charge is 0.245 e. The summed E-state index contributed by atoms with van der Waals surface area (Å²) in [7, 11) is -3.91. The molecule has 1 saturated carbocycles. The monoisotopic (exact) mass is 286 g/mol. The number of hydrogen-bond acceptors (Lipinski definition) is 3. The van der Waals surface area contributed by atoms with Crippen molar-refractivity contribution in [2.75, 3.05) is 5.73 Å². The van der Waals surface area contributed by atoms with Crippen molar-refractivity contribution in [3.8, 4) is 0 Å². The lowest BCUT2D eigenvalue weighted by atomic mass is 9.92. The quantitative estimate of drug-likeness (QED) is 0.837. The molecule has 0 radical (unpaired) electrons. The number of nitrogens with one attached hydrogen (secondary N) is 1. The Kier molecular flexibility index (Phi) is 3.57. The third-order valence-electron chi connectivity index (χ3n) is 3.56. The van der Waals surface area contributed by atoms with Crippen LogP contribution in [0.5, 0.6) is 0 Å². The van der Waals surface area contributed by atoms with E-state index in [2.05, 4.69) is 18.6 Å². The summed E-state index contributed by atoms with van der Waals surface area (Å²) >= 11 is 0. The average molecular weight is 286 g/mol. The third kappa shape index (κ3) is 3.06. The Morgan fingerprint density at radius 1 is 1.42 bits per heavy atom. The number of nitrogen functional groups attached to an aromatic ring is 1. The van der Waals surface area contributed by atoms with Gasteiger partial charge in [0.05, 0.1) is 5.69 Å². The van der Waals surface area contributed by atoms with E-state index in [4.69, 9.17) is 5.73 Å². The highest BCUT2D eigenvalue weighted by Crippen LogP contribution is 2.37. The van der Waals surface area contributed by atoms with Crippen molar-refractivity contribution in [1.82, 2.24) is 4.72 Å². The van der Waals surface area contributed by atoms with E-state index in [1.54, 1.807) is 0 Å². The number of rotatable bonds is 3. The van der Waals surface area contributed by atoms with Crippen LogP contribution in [0.2, 0.25) is 0 Å². The third-order valence-corrected chi connectivity index (χ3v) is 5.17. The van der Waals surface area contributed by atoms with Crippen LogP contribution in [0.25, 0.3) is 0 Å². The van der Waals surface area contributed by atoms with Gasteiger partial charge in [-0.3, -0.25) is 0 Å². The van der Waals surface area contributed by atoms with Gasteiger partial charge in [0.25, 0.3) is 0 Å². The van der Waals surface area contributed by atoms with Gasteiger partial charge in [0.1, 0.15) is 10.7 Å². The summed E-state index contributed by atoms with van der Waals surface area (Å²) in [5.74, 6) is -0.815. The molecule has 106 valence electrons. The highest BCUT2D eigenvalue weighted by Gasteiger charge is 2.34. The second-order valence-electron chi connectivity index (χ2n) is 5.88. The summed E-state index contributed by atoms with van der Waals surface area (Å²) in [5, 5.41) is 0. The minimum atomic E-state index is -3.91. The van der Waals surface area contributed by atoms with Gasteiger partial charge in [-0.1, -0.05) is 19.9 Å². The van der Waals surface area contributed by atoms with E-state index < -0.39 is 20.7 Å². The Hall–Kier alpha value is -1.14. The molecule has 1 atom stereocenters. The van der Waals surface area contributed by atoms with Crippen molar-refractivity contribution in [2.24, 2.45) is 5.41 Å². The first kappa shape index (κ1) is 14.3. The van der Waals surface area contributed by atoms with Crippen molar-refractivity contribution < 1.29 is 12.8 Å². The fraction of sp³-hybridized carbons (Fsp3) is 0.538. The van der Waals surface area contributed by atoms with E-state index in [9.17, 15) is 12.8 Å². The van der Waals surface area contributed by atoms with E-state index in [0.717, 1.165) is 25.3 Å². The molecule has 0 aliphatic heterocycles. The average Bonchev–Trinajstić information content (AvgIpc) is 2.56. The summed E-state index contributed by atoms with van der Waals surface area (Å²) in [6, 6.07) is 3.72. The van der Waals surface area contributed by atoms with Gasteiger partial charge < -0.3 is 5.73 Å². The molecule has 1 aromatic rings. The van der Waals surface area contributed by atoms with E-state index in [-0.39, 0.29) is 17.1 Å². The first-order valence-corrected chi connectivity index (χ1v) is 7.76. The summed E-state index contributed by atoms with van der Waals surface area (Å²) in [5.41, 5.74) is 5.63. The SMILES string of the molecule is CC1(C)CCC(NS(=O)(=O)c2c(N)cccc2F)C1. The van der Waals surface area contributed by atoms with E-state index in [1.165, 1.54) is 12.1 Å². The zero-order valence-corrected chi connectivity index (χ0v) is 11.9. The second-order valence-corrected chi connectivity index (χ2v) is 7.53. The largest absolute Gasteiger partial charge is 0.398 e. The Morgan fingerprint density at radius 3 is 2.63 bits per heavy atom. The van der Waals surface area contributed by atoms with Crippen molar-refractivity contribution in [1.29, 1.82) is 0 Å². The molecule has 6 heteroatoms. The second kappa shape index (κ2) is 4.76. The lowest BCUT2D eigenvalue weighted by Gasteiger charge is -2.18. The normalized spacial score (nSPS) is 22.6. The van der Waals surface area contributed by atoms with Crippen LogP contribution in [0.1, 0.15) is 33.1 Å². The lowest BCUT2D eigenvalue weighted by molar-refractivity contribution is 0.372. The van der Waals surface area contributed by atoms with Gasteiger partial charge in [-0.2, -0.15) is 0 Å². The molecule has 0 bridgehead atoms. The van der Waals surface area contributed by atoms with E-state index >= 15 is 0 Å². The molecule has 3 N–H and O–H groups in total. The lowest BCUT2D eigenvalue weighted by Crippen LogP contribution is -2.34. The Bertz CT molecular complexity index is 564. The van der Waals surface area contributed by atoms with Crippen molar-refractivity contribution in [2.45, 2.75) is 44.0 Å². The Balaban J connectivity index is 2.25. The summed E-state index contributed by atoms with van der Waals surface area (Å²) in [6.45, 7) is 4.19. The maximum absolute atomic E-state index is 13.7. The predicted molar refractivity (Wildman–Crippen MR) is 72.6 cm³/mol. The van der Waals surface area contributed by atoms with Crippen molar-refractivity contribution in [3.63, 3.8) is 0 Å². The van der Waals surface area contributed by atoms with Crippen LogP contribution in [-0.2, 0) is 10.0 Å². The molecule has 1 aliphatic rings. The van der Waals surface area contributed by atoms with Crippen LogP contribution in [0.3, 0.4) is 0 Å². The number of benzene rings is 1. The van der Waals surface area contributed by atoms with Gasteiger partial charge in [0, 0.05) is 6.04 Å². The van der Waals surface area contributed by atoms with Gasteiger partial charge in [0.2, 0.25) is 10.0 Å². The van der Waals surface area contributed by atoms with Crippen molar-refractivity contribution >= 4 is 15.7 Å². The molecule has 19 heavy (non-hydrogen) atoms. The van der Waals surface area contributed by atoms with Crippen LogP contribution in [0.15, 0.2) is 23.1 Å². The molecule has 1 unspecified atom stereocenters. The molecule has 4 nitrogen and oxygen atoms in total. The summed E-state index contributed by atoms with van der Waals surface area (Å²) in [4.78, 5) is -0.445. The molecule has 0 aromatic heterocycles. The molecule has 0 spiro atoms. The van der Waals surface area contributed by atoms with Gasteiger partial charge in [0.15, 0.2) is 0 Å². The first-order chi connectivity index (χ1) is 8.71. The molecule has 1 fully saturated rings. The van der Waals surface area contributed by atoms with Crippen LogP contribution in [-0.4, -0.2) is 14.5 Å². The molecular formula is C13H19FN2O2S. The minimum absolute atomic E-state index is 0.0650. The maximum atomic E-state index is 13.7. The zero-order chi connectivity index (χ0) is 14.3. The number of halogens is 1. The fourth-order valence-electron chi connectivity index (χ4n) is 2.62. The number of hydrogen-bond donors (Lipinski definition) is 2. The van der Waals surface area contributed by atoms with Crippen LogP contribution < -0.4 is 10.5 Å². The standard InChI is InChI=1S/C13H19FN2O2S/c1-13(2)7-6-9(8-13)16-19(17,18)12-10(14)4-3-5-11(12)15/h3-5,9,16H,6-8,15H2,1-2H3. The molecule has 2 rings (SSSR count). The predicted octanol–water partition coefficient (Wildman–Crippen LogP) is 2.26. The van der Waals surface area contributed by atoms with E-state index in [0.29, 0.717) is 0 Å². The van der Waals surface area contributed by atoms with Crippen LogP contribution >= 0.6 is 0 Å². The maximum Gasteiger partial charge on any atom is 0.245 e. The fourth-order valence-corrected chi connectivity index (χ4v) is 4.09. The Labute approximate surface area is 113 Å². The number of sulfonamides is 1. The molecule has 1 aliphatic carbocycles. The Morgan fingerprint density at radius 2 is 2.11 bits per heavy atom. The molecular weight excluding hydrogens is 267 g/mol. The van der Waals surface area contributed by atoms with Crippen LogP contribution in [0, 0.1) is 11.2 Å². The number of anilines is 1. The highest BCUT2D eigenvalue weighted by atomic mass is 32.2.